The van der Waals surface area contributed by atoms with Gasteiger partial charge in [-0.1, -0.05) is 25.6 Å². The predicted molar refractivity (Wildman–Crippen MR) is 57.1 cm³/mol. The fourth-order valence-corrected chi connectivity index (χ4v) is 0.852. The standard InChI is InChI=1S/C7H13B3S/c1-6(2,8)7(9,10)4-3-5-11/h11H,3-5H2,1-2H3. The molecule has 0 fully saturated rings. The molecule has 11 heavy (non-hydrogen) atoms. The molecule has 0 rings (SSSR count). The molecule has 4 heteroatoms. The van der Waals surface area contributed by atoms with E-state index in [0.717, 1.165) is 12.2 Å². The zero-order valence-corrected chi connectivity index (χ0v) is 8.20. The van der Waals surface area contributed by atoms with E-state index in [4.69, 9.17) is 23.5 Å². The van der Waals surface area contributed by atoms with Gasteiger partial charge in [0.1, 0.15) is 0 Å². The maximum Gasteiger partial charge on any atom is 0.0726 e. The summed E-state index contributed by atoms with van der Waals surface area (Å²) in [6, 6.07) is 0. The Morgan fingerprint density at radius 1 is 1.18 bits per heavy atom. The third-order valence-electron chi connectivity index (χ3n) is 1.95. The summed E-state index contributed by atoms with van der Waals surface area (Å²) in [7, 11) is 17.4. The minimum absolute atomic E-state index is 0.532. The molecule has 0 aromatic carbocycles. The van der Waals surface area contributed by atoms with Crippen LogP contribution in [0.2, 0.25) is 10.5 Å². The molecule has 0 heterocycles. The number of thiol groups is 1. The average molecular weight is 162 g/mol. The molecule has 0 saturated heterocycles. The Hall–Kier alpha value is 0.545. The zero-order valence-electron chi connectivity index (χ0n) is 7.30. The lowest BCUT2D eigenvalue weighted by Crippen LogP contribution is -2.27. The molecule has 0 aliphatic carbocycles. The summed E-state index contributed by atoms with van der Waals surface area (Å²) in [5.41, 5.74) is 0. The second kappa shape index (κ2) is 3.98. The molecule has 0 bridgehead atoms. The smallest absolute Gasteiger partial charge is 0.0726 e. The predicted octanol–water partition coefficient (Wildman–Crippen LogP) is 1.52. The molecule has 0 aromatic rings. The van der Waals surface area contributed by atoms with Crippen LogP contribution < -0.4 is 0 Å². The second-order valence-corrected chi connectivity index (χ2v) is 4.04. The van der Waals surface area contributed by atoms with Gasteiger partial charge in [0.15, 0.2) is 0 Å². The molecule has 0 nitrogen and oxygen atoms in total. The van der Waals surface area contributed by atoms with Crippen LogP contribution in [0.25, 0.3) is 0 Å². The van der Waals surface area contributed by atoms with Gasteiger partial charge in [-0.05, 0) is 12.2 Å². The Labute approximate surface area is 79.5 Å². The molecule has 56 valence electrons. The van der Waals surface area contributed by atoms with Crippen LogP contribution in [0.1, 0.15) is 26.7 Å². The van der Waals surface area contributed by atoms with Gasteiger partial charge < -0.3 is 0 Å². The van der Waals surface area contributed by atoms with E-state index < -0.39 is 10.5 Å². The molecule has 0 amide bonds. The first-order valence-corrected chi connectivity index (χ1v) is 4.42. The molecular weight excluding hydrogens is 149 g/mol. The summed E-state index contributed by atoms with van der Waals surface area (Å²) in [6.45, 7) is 3.68. The molecule has 0 spiro atoms. The van der Waals surface area contributed by atoms with Crippen molar-refractivity contribution >= 4 is 36.2 Å². The monoisotopic (exact) mass is 162 g/mol. The van der Waals surface area contributed by atoms with Crippen LogP contribution in [-0.2, 0) is 0 Å². The van der Waals surface area contributed by atoms with E-state index in [1.807, 2.05) is 13.8 Å². The summed E-state index contributed by atoms with van der Waals surface area (Å²) >= 11 is 4.08. The van der Waals surface area contributed by atoms with Crippen LogP contribution in [0.4, 0.5) is 0 Å². The maximum absolute atomic E-state index is 5.80. The summed E-state index contributed by atoms with van der Waals surface area (Å²) in [5.74, 6) is 0.798. The van der Waals surface area contributed by atoms with Crippen LogP contribution >= 0.6 is 12.6 Å². The van der Waals surface area contributed by atoms with E-state index in [1.165, 1.54) is 0 Å². The lowest BCUT2D eigenvalue weighted by Gasteiger charge is -2.40. The molecule has 0 aliphatic heterocycles. The Morgan fingerprint density at radius 3 is 1.91 bits per heavy atom. The molecule has 0 aliphatic rings. The summed E-state index contributed by atoms with van der Waals surface area (Å²) in [6.07, 6.45) is 1.61. The van der Waals surface area contributed by atoms with Crippen LogP contribution in [0.5, 0.6) is 0 Å². The van der Waals surface area contributed by atoms with Crippen LogP contribution in [-0.4, -0.2) is 29.3 Å². The molecule has 0 N–H and O–H groups in total. The van der Waals surface area contributed by atoms with E-state index in [0.29, 0.717) is 6.42 Å². The van der Waals surface area contributed by atoms with Crippen molar-refractivity contribution in [3.63, 3.8) is 0 Å². The van der Waals surface area contributed by atoms with Gasteiger partial charge in [-0.25, -0.2) is 0 Å². The Morgan fingerprint density at radius 2 is 1.64 bits per heavy atom. The topological polar surface area (TPSA) is 0 Å². The van der Waals surface area contributed by atoms with Crippen molar-refractivity contribution in [2.45, 2.75) is 37.2 Å². The first kappa shape index (κ1) is 11.5. The zero-order chi connectivity index (χ0) is 9.12. The average Bonchev–Trinajstić information content (AvgIpc) is 1.81. The van der Waals surface area contributed by atoms with Crippen LogP contribution in [0.15, 0.2) is 0 Å². The quantitative estimate of drug-likeness (QED) is 0.469. The highest BCUT2D eigenvalue weighted by Gasteiger charge is 2.29. The molecule has 6 radical (unpaired) electrons. The van der Waals surface area contributed by atoms with Gasteiger partial charge in [0.2, 0.25) is 0 Å². The minimum atomic E-state index is -0.782. The van der Waals surface area contributed by atoms with Crippen molar-refractivity contribution in [2.75, 3.05) is 5.75 Å². The summed E-state index contributed by atoms with van der Waals surface area (Å²) < 4.78 is 0. The van der Waals surface area contributed by atoms with E-state index in [9.17, 15) is 0 Å². The van der Waals surface area contributed by atoms with E-state index in [1.54, 1.807) is 0 Å². The van der Waals surface area contributed by atoms with Crippen molar-refractivity contribution in [1.82, 2.24) is 0 Å². The molecule has 0 aromatic heterocycles. The maximum atomic E-state index is 5.80. The normalized spacial score (nSPS) is 13.4. The van der Waals surface area contributed by atoms with Crippen molar-refractivity contribution < 1.29 is 0 Å². The van der Waals surface area contributed by atoms with Gasteiger partial charge in [0.25, 0.3) is 0 Å². The Bertz CT molecular complexity index is 117. The van der Waals surface area contributed by atoms with Gasteiger partial charge in [0, 0.05) is 0 Å². The van der Waals surface area contributed by atoms with Crippen molar-refractivity contribution in [2.24, 2.45) is 0 Å². The van der Waals surface area contributed by atoms with Crippen molar-refractivity contribution in [3.8, 4) is 0 Å². The second-order valence-electron chi connectivity index (χ2n) is 3.59. The molecule has 0 atom stereocenters. The highest BCUT2D eigenvalue weighted by atomic mass is 32.1. The Balaban J connectivity index is 4.00. The largest absolute Gasteiger partial charge is 0.179 e. The highest BCUT2D eigenvalue weighted by Crippen LogP contribution is 2.46. The van der Waals surface area contributed by atoms with E-state index >= 15 is 0 Å². The van der Waals surface area contributed by atoms with Crippen LogP contribution in [0.3, 0.4) is 0 Å². The van der Waals surface area contributed by atoms with Gasteiger partial charge in [-0.2, -0.15) is 12.6 Å². The van der Waals surface area contributed by atoms with Crippen molar-refractivity contribution in [3.05, 3.63) is 0 Å². The fourth-order valence-electron chi connectivity index (χ4n) is 0.694. The van der Waals surface area contributed by atoms with Gasteiger partial charge in [-0.15, -0.1) is 5.21 Å². The highest BCUT2D eigenvalue weighted by molar-refractivity contribution is 7.80. The lowest BCUT2D eigenvalue weighted by atomic mass is 9.36. The van der Waals surface area contributed by atoms with Gasteiger partial charge >= 0.3 is 0 Å². The van der Waals surface area contributed by atoms with Crippen LogP contribution in [0, 0.1) is 0 Å². The van der Waals surface area contributed by atoms with E-state index in [-0.39, 0.29) is 0 Å². The van der Waals surface area contributed by atoms with Gasteiger partial charge in [0.05, 0.1) is 23.5 Å². The fraction of sp³-hybridized carbons (Fsp3) is 1.00. The SMILES string of the molecule is [B]C(C)(C)C([B])([B])CCCS. The number of hydrogen-bond donors (Lipinski definition) is 1. The molecule has 0 saturated carbocycles. The first-order chi connectivity index (χ1) is 4.81. The van der Waals surface area contributed by atoms with Gasteiger partial charge in [-0.3, -0.25) is 0 Å². The van der Waals surface area contributed by atoms with E-state index in [2.05, 4.69) is 12.6 Å². The molecule has 0 unspecified atom stereocenters. The third-order valence-corrected chi connectivity index (χ3v) is 2.26. The lowest BCUT2D eigenvalue weighted by molar-refractivity contribution is 0.523. The minimum Gasteiger partial charge on any atom is -0.179 e. The summed E-state index contributed by atoms with van der Waals surface area (Å²) in [4.78, 5) is 0. The summed E-state index contributed by atoms with van der Waals surface area (Å²) in [5, 5.41) is -1.31. The first-order valence-electron chi connectivity index (χ1n) is 3.79. The number of hydrogen-bond acceptors (Lipinski definition) is 1. The Kier molecular flexibility index (Phi) is 4.17. The molecular formula is C7H13B3S. The van der Waals surface area contributed by atoms with Crippen molar-refractivity contribution in [1.29, 1.82) is 0 Å². The number of rotatable bonds is 4. The third kappa shape index (κ3) is 3.64.